The highest BCUT2D eigenvalue weighted by Gasteiger charge is 2.11. The maximum atomic E-state index is 11.7. The van der Waals surface area contributed by atoms with Crippen molar-refractivity contribution >= 4 is 11.0 Å². The van der Waals surface area contributed by atoms with Gasteiger partial charge in [-0.15, -0.1) is 0 Å². The van der Waals surface area contributed by atoms with Gasteiger partial charge in [-0.3, -0.25) is 0 Å². The van der Waals surface area contributed by atoms with Gasteiger partial charge in [0.15, 0.2) is 0 Å². The normalized spacial score (nSPS) is 11.0. The summed E-state index contributed by atoms with van der Waals surface area (Å²) >= 11 is 0. The number of hydrogen-bond donors (Lipinski definition) is 0. The van der Waals surface area contributed by atoms with Crippen LogP contribution < -0.4 is 5.63 Å². The third-order valence-electron chi connectivity index (χ3n) is 4.47. The fourth-order valence-electron chi connectivity index (χ4n) is 3.04. The molecule has 0 N–H and O–H groups in total. The Morgan fingerprint density at radius 1 is 0.640 bits per heavy atom. The second-order valence-corrected chi connectivity index (χ2v) is 6.43. The average molecular weight is 326 g/mol. The predicted molar refractivity (Wildman–Crippen MR) is 103 cm³/mol. The van der Waals surface area contributed by atoms with Crippen molar-refractivity contribution in [3.8, 4) is 22.3 Å². The van der Waals surface area contributed by atoms with E-state index in [0.717, 1.165) is 27.6 Å². The Bertz CT molecular complexity index is 1100. The number of benzene rings is 3. The van der Waals surface area contributed by atoms with Crippen LogP contribution in [0.15, 0.2) is 82.0 Å². The maximum absolute atomic E-state index is 11.7. The molecule has 3 aromatic carbocycles. The van der Waals surface area contributed by atoms with E-state index in [1.54, 1.807) is 0 Å². The highest BCUT2D eigenvalue weighted by molar-refractivity contribution is 5.96. The first-order valence-electron chi connectivity index (χ1n) is 8.32. The summed E-state index contributed by atoms with van der Waals surface area (Å²) < 4.78 is 5.53. The van der Waals surface area contributed by atoms with Crippen LogP contribution in [-0.4, -0.2) is 0 Å². The second kappa shape index (κ2) is 6.06. The molecule has 0 fully saturated rings. The van der Waals surface area contributed by atoms with E-state index in [-0.39, 0.29) is 5.63 Å². The third kappa shape index (κ3) is 2.99. The monoisotopic (exact) mass is 326 g/mol. The summed E-state index contributed by atoms with van der Waals surface area (Å²) in [7, 11) is 0. The van der Waals surface area contributed by atoms with Gasteiger partial charge in [-0.05, 0) is 48.7 Å². The molecule has 0 saturated carbocycles. The van der Waals surface area contributed by atoms with Crippen LogP contribution in [0.2, 0.25) is 0 Å². The molecule has 0 bridgehead atoms. The standard InChI is InChI=1S/C23H18O2/c1-15-3-7-17(8-4-15)20-13-19-11-12-22(24)25-23(19)21(14-20)18-9-5-16(2)6-10-18/h3-14H,1-2H3. The Morgan fingerprint density at radius 3 is 1.88 bits per heavy atom. The maximum Gasteiger partial charge on any atom is 0.336 e. The van der Waals surface area contributed by atoms with E-state index in [1.807, 2.05) is 6.07 Å². The molecule has 25 heavy (non-hydrogen) atoms. The smallest absolute Gasteiger partial charge is 0.336 e. The van der Waals surface area contributed by atoms with E-state index in [4.69, 9.17) is 4.42 Å². The molecule has 0 unspecified atom stereocenters. The van der Waals surface area contributed by atoms with Crippen molar-refractivity contribution in [2.24, 2.45) is 0 Å². The summed E-state index contributed by atoms with van der Waals surface area (Å²) in [4.78, 5) is 11.7. The molecular formula is C23H18O2. The lowest BCUT2D eigenvalue weighted by Gasteiger charge is -2.10. The van der Waals surface area contributed by atoms with Gasteiger partial charge >= 0.3 is 5.63 Å². The first-order valence-corrected chi connectivity index (χ1v) is 8.32. The zero-order chi connectivity index (χ0) is 17.4. The molecule has 0 aliphatic rings. The van der Waals surface area contributed by atoms with Gasteiger partial charge in [0.05, 0.1) is 0 Å². The van der Waals surface area contributed by atoms with Crippen molar-refractivity contribution in [2.45, 2.75) is 13.8 Å². The largest absolute Gasteiger partial charge is 0.422 e. The number of fused-ring (bicyclic) bond motifs is 1. The molecule has 0 spiro atoms. The minimum Gasteiger partial charge on any atom is -0.422 e. The number of hydrogen-bond acceptors (Lipinski definition) is 2. The van der Waals surface area contributed by atoms with Gasteiger partial charge in [-0.1, -0.05) is 59.7 Å². The van der Waals surface area contributed by atoms with Gasteiger partial charge in [0, 0.05) is 17.0 Å². The van der Waals surface area contributed by atoms with Gasteiger partial charge in [0.25, 0.3) is 0 Å². The SMILES string of the molecule is Cc1ccc(-c2cc(-c3ccc(C)cc3)c3oc(=O)ccc3c2)cc1. The van der Waals surface area contributed by atoms with Crippen molar-refractivity contribution in [1.29, 1.82) is 0 Å². The Hall–Kier alpha value is -3.13. The van der Waals surface area contributed by atoms with E-state index < -0.39 is 0 Å². The average Bonchev–Trinajstić information content (AvgIpc) is 2.62. The summed E-state index contributed by atoms with van der Waals surface area (Å²) in [6.45, 7) is 4.14. The molecule has 4 aromatic rings. The Labute approximate surface area is 146 Å². The molecule has 2 nitrogen and oxygen atoms in total. The lowest BCUT2D eigenvalue weighted by atomic mass is 9.95. The van der Waals surface area contributed by atoms with Crippen LogP contribution in [-0.2, 0) is 0 Å². The van der Waals surface area contributed by atoms with Crippen LogP contribution in [0.4, 0.5) is 0 Å². The molecule has 0 aliphatic carbocycles. The molecule has 0 radical (unpaired) electrons. The van der Waals surface area contributed by atoms with Crippen LogP contribution in [0.1, 0.15) is 11.1 Å². The fourth-order valence-corrected chi connectivity index (χ4v) is 3.04. The molecular weight excluding hydrogens is 308 g/mol. The Morgan fingerprint density at radius 2 is 1.24 bits per heavy atom. The topological polar surface area (TPSA) is 30.2 Å². The minimum absolute atomic E-state index is 0.330. The van der Waals surface area contributed by atoms with Gasteiger partial charge in [-0.25, -0.2) is 4.79 Å². The van der Waals surface area contributed by atoms with Crippen molar-refractivity contribution in [1.82, 2.24) is 0 Å². The summed E-state index contributed by atoms with van der Waals surface area (Å²) in [5, 5.41) is 0.924. The van der Waals surface area contributed by atoms with Crippen LogP contribution >= 0.6 is 0 Å². The van der Waals surface area contributed by atoms with Crippen LogP contribution in [0.3, 0.4) is 0 Å². The van der Waals surface area contributed by atoms with Crippen LogP contribution in [0, 0.1) is 13.8 Å². The highest BCUT2D eigenvalue weighted by Crippen LogP contribution is 2.33. The Balaban J connectivity index is 2.01. The second-order valence-electron chi connectivity index (χ2n) is 6.43. The van der Waals surface area contributed by atoms with Gasteiger partial charge in [0.2, 0.25) is 0 Å². The summed E-state index contributed by atoms with van der Waals surface area (Å²) in [5.41, 5.74) is 6.96. The first kappa shape index (κ1) is 15.4. The van der Waals surface area contributed by atoms with E-state index >= 15 is 0 Å². The summed E-state index contributed by atoms with van der Waals surface area (Å²) in [5.74, 6) is 0. The summed E-state index contributed by atoms with van der Waals surface area (Å²) in [6.07, 6.45) is 0. The first-order chi connectivity index (χ1) is 12.1. The number of rotatable bonds is 2. The lowest BCUT2D eigenvalue weighted by molar-refractivity contribution is 0.562. The molecule has 0 aliphatic heterocycles. The zero-order valence-corrected chi connectivity index (χ0v) is 14.2. The van der Waals surface area contributed by atoms with Crippen molar-refractivity contribution in [3.63, 3.8) is 0 Å². The molecule has 4 rings (SSSR count). The van der Waals surface area contributed by atoms with E-state index in [2.05, 4.69) is 74.5 Å². The number of aryl methyl sites for hydroxylation is 2. The molecule has 0 saturated heterocycles. The zero-order valence-electron chi connectivity index (χ0n) is 14.2. The van der Waals surface area contributed by atoms with Crippen LogP contribution in [0.25, 0.3) is 33.2 Å². The molecule has 1 aromatic heterocycles. The van der Waals surface area contributed by atoms with Crippen LogP contribution in [0.5, 0.6) is 0 Å². The molecule has 0 amide bonds. The highest BCUT2D eigenvalue weighted by atomic mass is 16.4. The van der Waals surface area contributed by atoms with Crippen molar-refractivity contribution in [2.75, 3.05) is 0 Å². The molecule has 1 heterocycles. The van der Waals surface area contributed by atoms with Gasteiger partial charge < -0.3 is 4.42 Å². The van der Waals surface area contributed by atoms with Crippen molar-refractivity contribution in [3.05, 3.63) is 94.3 Å². The minimum atomic E-state index is -0.330. The van der Waals surface area contributed by atoms with E-state index in [0.29, 0.717) is 5.58 Å². The predicted octanol–water partition coefficient (Wildman–Crippen LogP) is 5.74. The van der Waals surface area contributed by atoms with Gasteiger partial charge in [0.1, 0.15) is 5.58 Å². The molecule has 122 valence electrons. The lowest BCUT2D eigenvalue weighted by Crippen LogP contribution is -1.96. The molecule has 2 heteroatoms. The van der Waals surface area contributed by atoms with Gasteiger partial charge in [-0.2, -0.15) is 0 Å². The Kier molecular flexibility index (Phi) is 3.73. The quantitative estimate of drug-likeness (QED) is 0.439. The van der Waals surface area contributed by atoms with Crippen molar-refractivity contribution < 1.29 is 4.42 Å². The van der Waals surface area contributed by atoms with E-state index in [1.165, 1.54) is 17.2 Å². The summed E-state index contributed by atoms with van der Waals surface area (Å²) in [6, 6.07) is 24.2. The third-order valence-corrected chi connectivity index (χ3v) is 4.47. The molecule has 0 atom stereocenters. The fraction of sp³-hybridized carbons (Fsp3) is 0.0870. The van der Waals surface area contributed by atoms with E-state index in [9.17, 15) is 4.79 Å².